The maximum Gasteiger partial charge on any atom is 0.246 e. The largest absolute Gasteiger partial charge is 0.357 e. The van der Waals surface area contributed by atoms with E-state index in [4.69, 9.17) is 5.73 Å². The zero-order valence-corrected chi connectivity index (χ0v) is 25.7. The number of nitrogens with zero attached hydrogens (tertiary/aromatic N) is 2. The molecule has 0 aliphatic carbocycles. The van der Waals surface area contributed by atoms with Crippen LogP contribution in [0.1, 0.15) is 31.4 Å². The molecule has 3 N–H and O–H groups in total. The highest BCUT2D eigenvalue weighted by molar-refractivity contribution is 5.95. The van der Waals surface area contributed by atoms with Crippen LogP contribution in [0.4, 0.5) is 0 Å². The Morgan fingerprint density at radius 2 is 1.47 bits per heavy atom. The van der Waals surface area contributed by atoms with Crippen LogP contribution in [-0.2, 0) is 27.2 Å². The van der Waals surface area contributed by atoms with Gasteiger partial charge in [-0.15, -0.1) is 0 Å². The first-order valence-corrected chi connectivity index (χ1v) is 14.6. The average Bonchev–Trinajstić information content (AvgIpc) is 3.00. The van der Waals surface area contributed by atoms with Crippen molar-refractivity contribution >= 4 is 39.3 Å². The highest BCUT2D eigenvalue weighted by Crippen LogP contribution is 2.23. The van der Waals surface area contributed by atoms with Crippen molar-refractivity contribution < 1.29 is 14.4 Å². The third-order valence-corrected chi connectivity index (χ3v) is 7.90. The molecule has 224 valence electrons. The molecule has 0 aliphatic rings. The summed E-state index contributed by atoms with van der Waals surface area (Å²) < 4.78 is 0. The minimum atomic E-state index is -0.839. The highest BCUT2D eigenvalue weighted by atomic mass is 16.2. The zero-order valence-electron chi connectivity index (χ0n) is 25.7. The van der Waals surface area contributed by atoms with E-state index in [0.717, 1.165) is 32.7 Å². The Morgan fingerprint density at radius 1 is 0.814 bits per heavy atom. The number of hydrogen-bond acceptors (Lipinski definition) is 4. The van der Waals surface area contributed by atoms with Gasteiger partial charge in [-0.25, -0.2) is 0 Å². The second-order valence-corrected chi connectivity index (χ2v) is 11.9. The molecule has 0 aromatic heterocycles. The number of hydrogen-bond donors (Lipinski definition) is 2. The van der Waals surface area contributed by atoms with E-state index >= 15 is 0 Å². The van der Waals surface area contributed by atoms with Gasteiger partial charge in [0.25, 0.3) is 0 Å². The molecule has 4 aromatic rings. The Kier molecular flexibility index (Phi) is 9.99. The monoisotopic (exact) mass is 578 g/mol. The molecule has 4 aromatic carbocycles. The van der Waals surface area contributed by atoms with Gasteiger partial charge in [-0.05, 0) is 59.0 Å². The predicted octanol–water partition coefficient (Wildman–Crippen LogP) is 4.86. The Balaban J connectivity index is 1.67. The van der Waals surface area contributed by atoms with Gasteiger partial charge in [0, 0.05) is 39.5 Å². The first kappa shape index (κ1) is 31.4. The van der Waals surface area contributed by atoms with E-state index in [2.05, 4.69) is 5.32 Å². The smallest absolute Gasteiger partial charge is 0.246 e. The number of likely N-dealkylation sites (N-methyl/N-ethyl adjacent to an activating group) is 3. The van der Waals surface area contributed by atoms with Gasteiger partial charge in [-0.1, -0.05) is 91.0 Å². The maximum atomic E-state index is 14.3. The molecule has 0 heterocycles. The number of nitrogens with one attached hydrogen (secondary N) is 1. The van der Waals surface area contributed by atoms with Crippen LogP contribution in [0.3, 0.4) is 0 Å². The lowest BCUT2D eigenvalue weighted by Crippen LogP contribution is -2.55. The van der Waals surface area contributed by atoms with Gasteiger partial charge >= 0.3 is 0 Å². The summed E-state index contributed by atoms with van der Waals surface area (Å²) in [6.45, 7) is 3.78. The number of fused-ring (bicyclic) bond motifs is 2. The molecule has 0 aliphatic heterocycles. The van der Waals surface area contributed by atoms with Crippen LogP contribution in [0.15, 0.2) is 97.1 Å². The number of carbonyl (C=O) groups is 3. The first-order chi connectivity index (χ1) is 20.5. The van der Waals surface area contributed by atoms with Crippen LogP contribution < -0.4 is 11.1 Å². The van der Waals surface area contributed by atoms with Crippen LogP contribution in [-0.4, -0.2) is 66.3 Å². The van der Waals surface area contributed by atoms with E-state index < -0.39 is 17.6 Å². The zero-order chi connectivity index (χ0) is 31.1. The number of benzene rings is 4. The fraction of sp³-hybridized carbons (Fsp3) is 0.306. The third kappa shape index (κ3) is 7.87. The van der Waals surface area contributed by atoms with Crippen LogP contribution >= 0.6 is 0 Å². The van der Waals surface area contributed by atoms with Crippen molar-refractivity contribution in [2.24, 2.45) is 5.73 Å². The Labute approximate surface area is 254 Å². The number of rotatable bonds is 11. The molecule has 0 radical (unpaired) electrons. The second-order valence-electron chi connectivity index (χ2n) is 11.9. The van der Waals surface area contributed by atoms with Gasteiger partial charge in [-0.2, -0.15) is 0 Å². The standard InChI is InChI=1S/C36H42N4O3/c1-36(2,37)21-11-18-33(41)39(4)32(23-25-19-20-26-12-6-7-14-28(26)22-25)35(43)40(5)31(34(42)38-3)24-29-16-10-15-27-13-8-9-17-30(27)29/h6-20,22,31-32H,21,23-24,37H2,1-5H3,(H,38,42)/t31-,32-/m1/s1. The van der Waals surface area contributed by atoms with Crippen molar-refractivity contribution in [2.75, 3.05) is 21.1 Å². The van der Waals surface area contributed by atoms with E-state index in [9.17, 15) is 14.4 Å². The Morgan fingerprint density at radius 3 is 2.16 bits per heavy atom. The van der Waals surface area contributed by atoms with Crippen molar-refractivity contribution in [1.29, 1.82) is 0 Å². The molecule has 0 saturated carbocycles. The van der Waals surface area contributed by atoms with Crippen LogP contribution in [0, 0.1) is 0 Å². The highest BCUT2D eigenvalue weighted by Gasteiger charge is 2.34. The summed E-state index contributed by atoms with van der Waals surface area (Å²) in [6, 6.07) is 26.4. The molecule has 4 rings (SSSR count). The fourth-order valence-corrected chi connectivity index (χ4v) is 5.35. The van der Waals surface area contributed by atoms with Gasteiger partial charge in [0.2, 0.25) is 17.7 Å². The summed E-state index contributed by atoms with van der Waals surface area (Å²) in [5.41, 5.74) is 7.52. The molecule has 7 nitrogen and oxygen atoms in total. The van der Waals surface area contributed by atoms with E-state index in [1.54, 1.807) is 27.2 Å². The minimum Gasteiger partial charge on any atom is -0.357 e. The molecular formula is C36H42N4O3. The SMILES string of the molecule is CNC(=O)[C@@H](Cc1cccc2ccccc12)N(C)C(=O)[C@@H](Cc1ccc2ccccc2c1)N(C)C(=O)C=CCC(C)(C)N. The third-order valence-electron chi connectivity index (χ3n) is 7.90. The van der Waals surface area contributed by atoms with E-state index in [1.165, 1.54) is 15.9 Å². The van der Waals surface area contributed by atoms with Crippen molar-refractivity contribution in [3.63, 3.8) is 0 Å². The summed E-state index contributed by atoms with van der Waals surface area (Å²) in [5.74, 6) is -0.889. The fourth-order valence-electron chi connectivity index (χ4n) is 5.35. The lowest BCUT2D eigenvalue weighted by atomic mass is 9.96. The van der Waals surface area contributed by atoms with Crippen LogP contribution in [0.5, 0.6) is 0 Å². The van der Waals surface area contributed by atoms with Gasteiger partial charge in [0.1, 0.15) is 12.1 Å². The predicted molar refractivity (Wildman–Crippen MR) is 175 cm³/mol. The van der Waals surface area contributed by atoms with Gasteiger partial charge < -0.3 is 20.9 Å². The van der Waals surface area contributed by atoms with Crippen molar-refractivity contribution in [3.8, 4) is 0 Å². The molecule has 0 bridgehead atoms. The summed E-state index contributed by atoms with van der Waals surface area (Å²) in [5, 5.41) is 6.99. The van der Waals surface area contributed by atoms with E-state index in [0.29, 0.717) is 19.3 Å². The van der Waals surface area contributed by atoms with Gasteiger partial charge in [0.15, 0.2) is 0 Å². The van der Waals surface area contributed by atoms with Crippen LogP contribution in [0.2, 0.25) is 0 Å². The van der Waals surface area contributed by atoms with E-state index in [-0.39, 0.29) is 17.7 Å². The molecule has 0 unspecified atom stereocenters. The Bertz CT molecular complexity index is 1630. The topological polar surface area (TPSA) is 95.7 Å². The lowest BCUT2D eigenvalue weighted by Gasteiger charge is -2.34. The molecule has 43 heavy (non-hydrogen) atoms. The molecule has 3 amide bonds. The Hall–Kier alpha value is -4.49. The quantitative estimate of drug-likeness (QED) is 0.249. The molecular weight excluding hydrogens is 536 g/mol. The van der Waals surface area contributed by atoms with Gasteiger partial charge in [-0.3, -0.25) is 14.4 Å². The first-order valence-electron chi connectivity index (χ1n) is 14.6. The number of carbonyl (C=O) groups excluding carboxylic acids is 3. The van der Waals surface area contributed by atoms with Crippen LogP contribution in [0.25, 0.3) is 21.5 Å². The average molecular weight is 579 g/mol. The summed E-state index contributed by atoms with van der Waals surface area (Å²) in [4.78, 5) is 43.9. The number of amides is 3. The second kappa shape index (κ2) is 13.7. The molecule has 0 fully saturated rings. The molecule has 0 saturated heterocycles. The van der Waals surface area contributed by atoms with Crippen molar-refractivity contribution in [1.82, 2.24) is 15.1 Å². The van der Waals surface area contributed by atoms with Crippen molar-refractivity contribution in [2.45, 2.75) is 50.7 Å². The lowest BCUT2D eigenvalue weighted by molar-refractivity contribution is -0.146. The van der Waals surface area contributed by atoms with Crippen molar-refractivity contribution in [3.05, 3.63) is 108 Å². The number of nitrogens with two attached hydrogens (primary N) is 1. The summed E-state index contributed by atoms with van der Waals surface area (Å²) in [6.07, 6.45) is 4.35. The van der Waals surface area contributed by atoms with E-state index in [1.807, 2.05) is 98.8 Å². The normalized spacial score (nSPS) is 13.2. The van der Waals surface area contributed by atoms with Gasteiger partial charge in [0.05, 0.1) is 0 Å². The molecule has 7 heteroatoms. The molecule has 0 spiro atoms. The minimum absolute atomic E-state index is 0.271. The summed E-state index contributed by atoms with van der Waals surface area (Å²) in [7, 11) is 4.85. The maximum absolute atomic E-state index is 14.3. The molecule has 2 atom stereocenters. The summed E-state index contributed by atoms with van der Waals surface area (Å²) >= 11 is 0.